The summed E-state index contributed by atoms with van der Waals surface area (Å²) in [4.78, 5) is 2.30. The Hall–Kier alpha value is -0.0800. The van der Waals surface area contributed by atoms with Crippen molar-refractivity contribution < 1.29 is 0 Å². The third-order valence-electron chi connectivity index (χ3n) is 3.47. The molecule has 84 valence electrons. The zero-order valence-corrected chi connectivity index (χ0v) is 10.2. The summed E-state index contributed by atoms with van der Waals surface area (Å²) in [5, 5.41) is 3.48. The molecule has 14 heavy (non-hydrogen) atoms. The monoisotopic (exact) mass is 198 g/mol. The summed E-state index contributed by atoms with van der Waals surface area (Å²) in [5.74, 6) is 2.67. The van der Waals surface area contributed by atoms with Crippen molar-refractivity contribution in [2.24, 2.45) is 17.8 Å². The molecule has 2 heteroatoms. The largest absolute Gasteiger partial charge is 0.316 e. The van der Waals surface area contributed by atoms with Gasteiger partial charge in [-0.15, -0.1) is 0 Å². The molecule has 2 unspecified atom stereocenters. The van der Waals surface area contributed by atoms with Crippen LogP contribution < -0.4 is 5.32 Å². The number of rotatable bonds is 5. The van der Waals surface area contributed by atoms with Gasteiger partial charge in [0.25, 0.3) is 0 Å². The maximum absolute atomic E-state index is 3.48. The lowest BCUT2D eigenvalue weighted by atomic mass is 9.80. The van der Waals surface area contributed by atoms with Crippen molar-refractivity contribution >= 4 is 0 Å². The molecule has 0 amide bonds. The van der Waals surface area contributed by atoms with Crippen LogP contribution in [0.5, 0.6) is 0 Å². The molecule has 1 N–H and O–H groups in total. The van der Waals surface area contributed by atoms with Gasteiger partial charge in [-0.25, -0.2) is 0 Å². The van der Waals surface area contributed by atoms with Crippen LogP contribution in [0.1, 0.15) is 26.7 Å². The van der Waals surface area contributed by atoms with Crippen LogP contribution >= 0.6 is 0 Å². The van der Waals surface area contributed by atoms with E-state index in [0.717, 1.165) is 17.8 Å². The fourth-order valence-electron chi connectivity index (χ4n) is 2.56. The van der Waals surface area contributed by atoms with E-state index in [9.17, 15) is 0 Å². The highest BCUT2D eigenvalue weighted by Gasteiger charge is 2.26. The Labute approximate surface area is 89.1 Å². The SMILES string of the molecule is CC(C)C(CCN(C)C)C1CCNC1. The molecule has 0 aromatic rings. The molecule has 0 spiro atoms. The molecule has 0 saturated carbocycles. The van der Waals surface area contributed by atoms with E-state index >= 15 is 0 Å². The number of nitrogens with zero attached hydrogens (tertiary/aromatic N) is 1. The van der Waals surface area contributed by atoms with Gasteiger partial charge in [-0.3, -0.25) is 0 Å². The molecule has 1 fully saturated rings. The Morgan fingerprint density at radius 3 is 2.50 bits per heavy atom. The second-order valence-corrected chi connectivity index (χ2v) is 5.25. The lowest BCUT2D eigenvalue weighted by molar-refractivity contribution is 0.225. The van der Waals surface area contributed by atoms with Gasteiger partial charge in [-0.05, 0) is 64.3 Å². The Balaban J connectivity index is 2.37. The number of hydrogen-bond donors (Lipinski definition) is 1. The second-order valence-electron chi connectivity index (χ2n) is 5.25. The van der Waals surface area contributed by atoms with Crippen molar-refractivity contribution in [2.75, 3.05) is 33.7 Å². The third-order valence-corrected chi connectivity index (χ3v) is 3.47. The van der Waals surface area contributed by atoms with Crippen LogP contribution in [0, 0.1) is 17.8 Å². The van der Waals surface area contributed by atoms with E-state index in [1.165, 1.54) is 32.5 Å². The van der Waals surface area contributed by atoms with E-state index in [1.54, 1.807) is 0 Å². The van der Waals surface area contributed by atoms with Crippen molar-refractivity contribution in [3.8, 4) is 0 Å². The summed E-state index contributed by atoms with van der Waals surface area (Å²) in [6, 6.07) is 0. The Morgan fingerprint density at radius 1 is 1.36 bits per heavy atom. The summed E-state index contributed by atoms with van der Waals surface area (Å²) < 4.78 is 0. The smallest absolute Gasteiger partial charge is 0.00173 e. The topological polar surface area (TPSA) is 15.3 Å². The van der Waals surface area contributed by atoms with E-state index in [-0.39, 0.29) is 0 Å². The molecule has 0 radical (unpaired) electrons. The second kappa shape index (κ2) is 5.72. The van der Waals surface area contributed by atoms with Crippen LogP contribution in [0.25, 0.3) is 0 Å². The Morgan fingerprint density at radius 2 is 2.07 bits per heavy atom. The predicted octanol–water partition coefficient (Wildman–Crippen LogP) is 1.82. The summed E-state index contributed by atoms with van der Waals surface area (Å²) in [6.45, 7) is 8.46. The zero-order chi connectivity index (χ0) is 10.6. The Bertz CT molecular complexity index is 148. The molecule has 0 aromatic heterocycles. The first-order valence-electron chi connectivity index (χ1n) is 5.96. The highest BCUT2D eigenvalue weighted by Crippen LogP contribution is 2.28. The maximum Gasteiger partial charge on any atom is -0.00173 e. The van der Waals surface area contributed by atoms with Gasteiger partial charge in [0.15, 0.2) is 0 Å². The normalized spacial score (nSPS) is 24.9. The molecule has 1 aliphatic heterocycles. The lowest BCUT2D eigenvalue weighted by Crippen LogP contribution is -2.26. The highest BCUT2D eigenvalue weighted by atomic mass is 15.0. The van der Waals surface area contributed by atoms with Crippen LogP contribution in [0.2, 0.25) is 0 Å². The molecule has 0 aromatic carbocycles. The molecule has 1 heterocycles. The minimum absolute atomic E-state index is 0.833. The standard InChI is InChI=1S/C12H26N2/c1-10(2)12(6-8-14(3)4)11-5-7-13-9-11/h10-13H,5-9H2,1-4H3. The maximum atomic E-state index is 3.48. The van der Waals surface area contributed by atoms with Crippen LogP contribution in [0.15, 0.2) is 0 Å². The molecule has 1 saturated heterocycles. The first-order chi connectivity index (χ1) is 6.61. The van der Waals surface area contributed by atoms with E-state index < -0.39 is 0 Å². The molecular weight excluding hydrogens is 172 g/mol. The van der Waals surface area contributed by atoms with Gasteiger partial charge in [-0.2, -0.15) is 0 Å². The molecule has 2 atom stereocenters. The molecule has 1 rings (SSSR count). The average molecular weight is 198 g/mol. The lowest BCUT2D eigenvalue weighted by Gasteiger charge is -2.27. The minimum Gasteiger partial charge on any atom is -0.316 e. The summed E-state index contributed by atoms with van der Waals surface area (Å²) in [5.41, 5.74) is 0. The number of hydrogen-bond acceptors (Lipinski definition) is 2. The van der Waals surface area contributed by atoms with E-state index in [2.05, 4.69) is 38.2 Å². The summed E-state index contributed by atoms with van der Waals surface area (Å²) >= 11 is 0. The summed E-state index contributed by atoms with van der Waals surface area (Å²) in [7, 11) is 4.34. The fraction of sp³-hybridized carbons (Fsp3) is 1.00. The molecule has 2 nitrogen and oxygen atoms in total. The van der Waals surface area contributed by atoms with E-state index in [0.29, 0.717) is 0 Å². The minimum atomic E-state index is 0.833. The molecular formula is C12H26N2. The van der Waals surface area contributed by atoms with E-state index in [4.69, 9.17) is 0 Å². The average Bonchev–Trinajstić information content (AvgIpc) is 2.56. The predicted molar refractivity (Wildman–Crippen MR) is 62.5 cm³/mol. The quantitative estimate of drug-likeness (QED) is 0.725. The van der Waals surface area contributed by atoms with E-state index in [1.807, 2.05) is 0 Å². The third kappa shape index (κ3) is 3.58. The van der Waals surface area contributed by atoms with Crippen molar-refractivity contribution in [1.82, 2.24) is 10.2 Å². The zero-order valence-electron chi connectivity index (χ0n) is 10.2. The first kappa shape index (κ1) is 12.0. The van der Waals surface area contributed by atoms with Crippen molar-refractivity contribution in [3.63, 3.8) is 0 Å². The van der Waals surface area contributed by atoms with Crippen LogP contribution in [-0.4, -0.2) is 38.6 Å². The molecule has 1 aliphatic rings. The highest BCUT2D eigenvalue weighted by molar-refractivity contribution is 4.80. The van der Waals surface area contributed by atoms with Crippen molar-refractivity contribution in [2.45, 2.75) is 26.7 Å². The van der Waals surface area contributed by atoms with Gasteiger partial charge in [0, 0.05) is 0 Å². The number of nitrogens with one attached hydrogen (secondary N) is 1. The fourth-order valence-corrected chi connectivity index (χ4v) is 2.56. The van der Waals surface area contributed by atoms with Gasteiger partial charge < -0.3 is 10.2 Å². The van der Waals surface area contributed by atoms with Crippen LogP contribution in [0.3, 0.4) is 0 Å². The van der Waals surface area contributed by atoms with Gasteiger partial charge in [0.2, 0.25) is 0 Å². The van der Waals surface area contributed by atoms with Crippen molar-refractivity contribution in [3.05, 3.63) is 0 Å². The molecule has 0 bridgehead atoms. The van der Waals surface area contributed by atoms with Gasteiger partial charge in [-0.1, -0.05) is 13.8 Å². The van der Waals surface area contributed by atoms with Gasteiger partial charge >= 0.3 is 0 Å². The van der Waals surface area contributed by atoms with Crippen LogP contribution in [-0.2, 0) is 0 Å². The Kier molecular flexibility index (Phi) is 4.90. The molecule has 0 aliphatic carbocycles. The van der Waals surface area contributed by atoms with Crippen LogP contribution in [0.4, 0.5) is 0 Å². The van der Waals surface area contributed by atoms with Crippen molar-refractivity contribution in [1.29, 1.82) is 0 Å². The first-order valence-corrected chi connectivity index (χ1v) is 5.96. The van der Waals surface area contributed by atoms with Gasteiger partial charge in [0.1, 0.15) is 0 Å². The summed E-state index contributed by atoms with van der Waals surface area (Å²) in [6.07, 6.45) is 2.74. The van der Waals surface area contributed by atoms with Gasteiger partial charge in [0.05, 0.1) is 0 Å².